The highest BCUT2D eigenvalue weighted by atomic mass is 19.1. The molecule has 0 saturated heterocycles. The summed E-state index contributed by atoms with van der Waals surface area (Å²) >= 11 is 0. The van der Waals surface area contributed by atoms with E-state index in [-0.39, 0.29) is 0 Å². The molecule has 29 heavy (non-hydrogen) atoms. The molecule has 0 aliphatic rings. The van der Waals surface area contributed by atoms with E-state index in [0.29, 0.717) is 36.0 Å². The van der Waals surface area contributed by atoms with Crippen molar-refractivity contribution in [3.05, 3.63) is 53.8 Å². The van der Waals surface area contributed by atoms with Crippen LogP contribution in [0.1, 0.15) is 37.6 Å². The van der Waals surface area contributed by atoms with Gasteiger partial charge < -0.3 is 14.2 Å². The second-order valence-electron chi connectivity index (χ2n) is 6.10. The fraction of sp³-hybridized carbons (Fsp3) is 0.333. The number of carbonyl (C=O) groups excluding carboxylic acids is 2. The molecule has 0 unspecified atom stereocenters. The summed E-state index contributed by atoms with van der Waals surface area (Å²) in [6, 6.07) is 10.1. The van der Waals surface area contributed by atoms with Crippen molar-refractivity contribution in [1.82, 2.24) is 10.9 Å². The Balaban J connectivity index is 1.94. The summed E-state index contributed by atoms with van der Waals surface area (Å²) < 4.78 is 29.4. The minimum atomic E-state index is -0.899. The van der Waals surface area contributed by atoms with Gasteiger partial charge in [0.05, 0.1) is 13.2 Å². The third-order valence-electron chi connectivity index (χ3n) is 3.76. The first kappa shape index (κ1) is 22.0. The Morgan fingerprint density at radius 2 is 1.72 bits per heavy atom. The molecule has 1 atom stereocenters. The number of ether oxygens (including phenoxy) is 3. The van der Waals surface area contributed by atoms with E-state index in [1.54, 1.807) is 18.2 Å². The van der Waals surface area contributed by atoms with Crippen LogP contribution < -0.4 is 25.1 Å². The Hall–Kier alpha value is -3.29. The predicted molar refractivity (Wildman–Crippen MR) is 105 cm³/mol. The van der Waals surface area contributed by atoms with E-state index < -0.39 is 23.7 Å². The van der Waals surface area contributed by atoms with Crippen molar-refractivity contribution in [1.29, 1.82) is 0 Å². The zero-order valence-electron chi connectivity index (χ0n) is 16.7. The minimum absolute atomic E-state index is 0.296. The lowest BCUT2D eigenvalue weighted by molar-refractivity contribution is -0.128. The van der Waals surface area contributed by atoms with Gasteiger partial charge in [0.25, 0.3) is 11.8 Å². The summed E-state index contributed by atoms with van der Waals surface area (Å²) in [6.07, 6.45) is -0.0533. The molecule has 0 bridgehead atoms. The normalized spacial score (nSPS) is 11.3. The van der Waals surface area contributed by atoms with Crippen LogP contribution in [-0.4, -0.2) is 31.1 Å². The molecule has 0 fully saturated rings. The summed E-state index contributed by atoms with van der Waals surface area (Å²) in [4.78, 5) is 24.5. The van der Waals surface area contributed by atoms with Gasteiger partial charge in [-0.2, -0.15) is 0 Å². The van der Waals surface area contributed by atoms with Crippen LogP contribution in [0.5, 0.6) is 17.2 Å². The first-order valence-electron chi connectivity index (χ1n) is 9.36. The van der Waals surface area contributed by atoms with Gasteiger partial charge in [-0.1, -0.05) is 6.92 Å². The molecule has 156 valence electrons. The molecular formula is C21H25FN2O5. The Kier molecular flexibility index (Phi) is 8.27. The van der Waals surface area contributed by atoms with Crippen LogP contribution in [0.3, 0.4) is 0 Å². The van der Waals surface area contributed by atoms with Gasteiger partial charge in [-0.25, -0.2) is 4.39 Å². The molecule has 0 aliphatic carbocycles. The number of rotatable bonds is 9. The molecule has 0 aliphatic heterocycles. The maximum absolute atomic E-state index is 12.9. The van der Waals surface area contributed by atoms with Crippen LogP contribution in [0.4, 0.5) is 4.39 Å². The summed E-state index contributed by atoms with van der Waals surface area (Å²) in [6.45, 7) is 6.29. The van der Waals surface area contributed by atoms with E-state index in [0.717, 1.165) is 6.42 Å². The Bertz CT molecular complexity index is 826. The van der Waals surface area contributed by atoms with Crippen LogP contribution in [-0.2, 0) is 4.79 Å². The first-order chi connectivity index (χ1) is 13.9. The minimum Gasteiger partial charge on any atom is -0.490 e. The van der Waals surface area contributed by atoms with E-state index in [2.05, 4.69) is 10.9 Å². The average Bonchev–Trinajstić information content (AvgIpc) is 2.72. The Labute approximate surface area is 169 Å². The number of halogens is 1. The fourth-order valence-electron chi connectivity index (χ4n) is 2.31. The molecule has 0 heterocycles. The third kappa shape index (κ3) is 6.67. The van der Waals surface area contributed by atoms with Gasteiger partial charge in [0, 0.05) is 5.56 Å². The van der Waals surface area contributed by atoms with Crippen molar-refractivity contribution in [2.75, 3.05) is 13.2 Å². The van der Waals surface area contributed by atoms with Gasteiger partial charge in [0.15, 0.2) is 17.6 Å². The molecule has 2 aromatic carbocycles. The predicted octanol–water partition coefficient (Wildman–Crippen LogP) is 3.24. The molecule has 2 aromatic rings. The van der Waals surface area contributed by atoms with E-state index in [1.165, 1.54) is 31.2 Å². The smallest absolute Gasteiger partial charge is 0.279 e. The van der Waals surface area contributed by atoms with E-state index in [9.17, 15) is 14.0 Å². The third-order valence-corrected chi connectivity index (χ3v) is 3.76. The van der Waals surface area contributed by atoms with E-state index in [4.69, 9.17) is 14.2 Å². The zero-order chi connectivity index (χ0) is 21.2. The van der Waals surface area contributed by atoms with E-state index in [1.807, 2.05) is 13.8 Å². The molecule has 8 heteroatoms. The maximum Gasteiger partial charge on any atom is 0.279 e. The van der Waals surface area contributed by atoms with Gasteiger partial charge in [0.2, 0.25) is 0 Å². The topological polar surface area (TPSA) is 85.9 Å². The highest BCUT2D eigenvalue weighted by Crippen LogP contribution is 2.28. The standard InChI is InChI=1S/C21H25FN2O5/c1-4-12-28-18-11-6-15(13-19(18)27-5-2)21(26)24-23-20(25)14(3)29-17-9-7-16(22)8-10-17/h6-11,13-14H,4-5,12H2,1-3H3,(H,23,25)(H,24,26)/t14-/m0/s1. The van der Waals surface area contributed by atoms with Crippen LogP contribution in [0.2, 0.25) is 0 Å². The average molecular weight is 404 g/mol. The molecule has 2 amide bonds. The summed E-state index contributed by atoms with van der Waals surface area (Å²) in [5, 5.41) is 0. The summed E-state index contributed by atoms with van der Waals surface area (Å²) in [7, 11) is 0. The highest BCUT2D eigenvalue weighted by Gasteiger charge is 2.17. The summed E-state index contributed by atoms with van der Waals surface area (Å²) in [5.74, 6) is -0.141. The number of benzene rings is 2. The monoisotopic (exact) mass is 404 g/mol. The SMILES string of the molecule is CCCOc1ccc(C(=O)NNC(=O)[C@H](C)Oc2ccc(F)cc2)cc1OCC. The van der Waals surface area contributed by atoms with Crippen molar-refractivity contribution < 1.29 is 28.2 Å². The second kappa shape index (κ2) is 10.9. The highest BCUT2D eigenvalue weighted by molar-refractivity contribution is 5.96. The maximum atomic E-state index is 12.9. The van der Waals surface area contributed by atoms with Crippen molar-refractivity contribution in [2.45, 2.75) is 33.3 Å². The van der Waals surface area contributed by atoms with Crippen molar-refractivity contribution >= 4 is 11.8 Å². The number of carbonyl (C=O) groups is 2. The molecular weight excluding hydrogens is 379 g/mol. The van der Waals surface area contributed by atoms with Crippen molar-refractivity contribution in [2.24, 2.45) is 0 Å². The summed E-state index contributed by atoms with van der Waals surface area (Å²) in [5.41, 5.74) is 4.93. The number of hydrogen-bond donors (Lipinski definition) is 2. The van der Waals surface area contributed by atoms with Crippen LogP contribution in [0, 0.1) is 5.82 Å². The van der Waals surface area contributed by atoms with Gasteiger partial charge in [-0.05, 0) is 62.7 Å². The lowest BCUT2D eigenvalue weighted by Crippen LogP contribution is -2.47. The van der Waals surface area contributed by atoms with Gasteiger partial charge in [0.1, 0.15) is 11.6 Å². The number of hydrogen-bond acceptors (Lipinski definition) is 5. The lowest BCUT2D eigenvalue weighted by Gasteiger charge is -2.16. The molecule has 2 N–H and O–H groups in total. The molecule has 0 aromatic heterocycles. The van der Waals surface area contributed by atoms with Crippen LogP contribution in [0.15, 0.2) is 42.5 Å². The number of hydrazine groups is 1. The molecule has 7 nitrogen and oxygen atoms in total. The molecule has 0 saturated carbocycles. The Morgan fingerprint density at radius 1 is 1.00 bits per heavy atom. The number of amides is 2. The molecule has 0 spiro atoms. The van der Waals surface area contributed by atoms with Gasteiger partial charge in [-0.3, -0.25) is 20.4 Å². The molecule has 0 radical (unpaired) electrons. The molecule has 2 rings (SSSR count). The van der Waals surface area contributed by atoms with Gasteiger partial charge in [-0.15, -0.1) is 0 Å². The van der Waals surface area contributed by atoms with Crippen LogP contribution >= 0.6 is 0 Å². The lowest BCUT2D eigenvalue weighted by atomic mass is 10.2. The second-order valence-corrected chi connectivity index (χ2v) is 6.10. The first-order valence-corrected chi connectivity index (χ1v) is 9.36. The van der Waals surface area contributed by atoms with Gasteiger partial charge >= 0.3 is 0 Å². The van der Waals surface area contributed by atoms with Crippen molar-refractivity contribution in [3.8, 4) is 17.2 Å². The quantitative estimate of drug-likeness (QED) is 0.627. The van der Waals surface area contributed by atoms with E-state index >= 15 is 0 Å². The van der Waals surface area contributed by atoms with Crippen LogP contribution in [0.25, 0.3) is 0 Å². The zero-order valence-corrected chi connectivity index (χ0v) is 16.7. The number of nitrogens with one attached hydrogen (secondary N) is 2. The fourth-order valence-corrected chi connectivity index (χ4v) is 2.31. The largest absolute Gasteiger partial charge is 0.490 e. The van der Waals surface area contributed by atoms with Crippen molar-refractivity contribution in [3.63, 3.8) is 0 Å². The Morgan fingerprint density at radius 3 is 2.38 bits per heavy atom.